The zero-order valence-electron chi connectivity index (χ0n) is 11.6. The van der Waals surface area contributed by atoms with Crippen molar-refractivity contribution in [3.05, 3.63) is 57.0 Å². The van der Waals surface area contributed by atoms with E-state index in [0.717, 1.165) is 16.8 Å². The van der Waals surface area contributed by atoms with Crippen molar-refractivity contribution in [3.63, 3.8) is 0 Å². The summed E-state index contributed by atoms with van der Waals surface area (Å²) in [5, 5.41) is 25.9. The third-order valence-electron chi connectivity index (χ3n) is 2.98. The van der Waals surface area contributed by atoms with Crippen LogP contribution in [0.4, 0.5) is 10.2 Å². The van der Waals surface area contributed by atoms with E-state index in [4.69, 9.17) is 11.6 Å². The van der Waals surface area contributed by atoms with E-state index in [2.05, 4.69) is 10.4 Å². The second-order valence-electron chi connectivity index (χ2n) is 4.60. The van der Waals surface area contributed by atoms with Gasteiger partial charge in [0.1, 0.15) is 12.4 Å². The number of hydrogen-bond acceptors (Lipinski definition) is 5. The number of aromatic nitrogens is 2. The van der Waals surface area contributed by atoms with Crippen LogP contribution >= 0.6 is 11.6 Å². The maximum Gasteiger partial charge on any atom is 0.389 e. The lowest BCUT2D eigenvalue weighted by Crippen LogP contribution is -2.33. The molecule has 8 nitrogen and oxygen atoms in total. The van der Waals surface area contributed by atoms with Gasteiger partial charge in [0.15, 0.2) is 0 Å². The van der Waals surface area contributed by atoms with Crippen LogP contribution in [0.15, 0.2) is 30.5 Å². The second-order valence-corrected chi connectivity index (χ2v) is 5.01. The second kappa shape index (κ2) is 7.16. The number of aliphatic hydroxyl groups excluding tert-OH is 1. The molecule has 0 saturated heterocycles. The summed E-state index contributed by atoms with van der Waals surface area (Å²) in [6.45, 7) is -0.730. The van der Waals surface area contributed by atoms with Gasteiger partial charge in [-0.05, 0) is 22.6 Å². The summed E-state index contributed by atoms with van der Waals surface area (Å²) in [7, 11) is 0. The lowest BCUT2D eigenvalue weighted by Gasteiger charge is -2.16. The predicted octanol–water partition coefficient (Wildman–Crippen LogP) is 1.43. The maximum atomic E-state index is 13.4. The van der Waals surface area contributed by atoms with E-state index in [1.807, 2.05) is 0 Å². The minimum absolute atomic E-state index is 0.0689. The Kier molecular flexibility index (Phi) is 5.24. The molecule has 0 bridgehead atoms. The molecule has 1 heterocycles. The summed E-state index contributed by atoms with van der Waals surface area (Å²) in [6.07, 6.45) is 1.29. The van der Waals surface area contributed by atoms with Gasteiger partial charge in [0, 0.05) is 0 Å². The first kappa shape index (κ1) is 16.8. The lowest BCUT2D eigenvalue weighted by molar-refractivity contribution is -0.389. The molecule has 0 aliphatic carbocycles. The normalized spacial score (nSPS) is 12.0. The standard InChI is InChI=1S/C13H12ClFN4O4/c14-9-2-1-8(5-10(9)15)11(7-20)16-13(21)6-18-4-3-12(17-18)19(22)23/h1-5,11,20H,6-7H2,(H,16,21). The highest BCUT2D eigenvalue weighted by Crippen LogP contribution is 2.20. The van der Waals surface area contributed by atoms with Crippen LogP contribution < -0.4 is 5.32 Å². The molecule has 1 amide bonds. The van der Waals surface area contributed by atoms with E-state index in [0.29, 0.717) is 5.56 Å². The minimum Gasteiger partial charge on any atom is -0.394 e. The summed E-state index contributed by atoms with van der Waals surface area (Å²) in [5.41, 5.74) is 0.342. The number of carbonyl (C=O) groups is 1. The minimum atomic E-state index is -0.834. The highest BCUT2D eigenvalue weighted by atomic mass is 35.5. The average molecular weight is 343 g/mol. The molecule has 23 heavy (non-hydrogen) atoms. The fourth-order valence-corrected chi connectivity index (χ4v) is 2.00. The summed E-state index contributed by atoms with van der Waals surface area (Å²) < 4.78 is 14.5. The monoisotopic (exact) mass is 342 g/mol. The average Bonchev–Trinajstić information content (AvgIpc) is 2.96. The molecule has 1 unspecified atom stereocenters. The fourth-order valence-electron chi connectivity index (χ4n) is 1.89. The van der Waals surface area contributed by atoms with Crippen LogP contribution in [0, 0.1) is 15.9 Å². The largest absolute Gasteiger partial charge is 0.394 e. The first-order valence-corrected chi connectivity index (χ1v) is 6.81. The van der Waals surface area contributed by atoms with Crippen LogP contribution in [0.1, 0.15) is 11.6 Å². The Balaban J connectivity index is 2.04. The smallest absolute Gasteiger partial charge is 0.389 e. The molecule has 1 aromatic heterocycles. The van der Waals surface area contributed by atoms with Gasteiger partial charge >= 0.3 is 5.82 Å². The number of nitro groups is 1. The number of amides is 1. The van der Waals surface area contributed by atoms with Crippen molar-refractivity contribution in [2.24, 2.45) is 0 Å². The Hall–Kier alpha value is -2.52. The van der Waals surface area contributed by atoms with Crippen molar-refractivity contribution in [2.75, 3.05) is 6.61 Å². The summed E-state index contributed by atoms with van der Waals surface area (Å²) in [4.78, 5) is 21.8. The van der Waals surface area contributed by atoms with Crippen molar-refractivity contribution in [1.82, 2.24) is 15.1 Å². The number of rotatable bonds is 6. The van der Waals surface area contributed by atoms with Gasteiger partial charge in [-0.1, -0.05) is 17.7 Å². The molecular formula is C13H12ClFN4O4. The first-order chi connectivity index (χ1) is 10.9. The molecule has 0 aliphatic rings. The first-order valence-electron chi connectivity index (χ1n) is 6.43. The summed E-state index contributed by atoms with van der Waals surface area (Å²) >= 11 is 5.58. The van der Waals surface area contributed by atoms with Crippen LogP contribution in [-0.2, 0) is 11.3 Å². The van der Waals surface area contributed by atoms with E-state index in [1.165, 1.54) is 18.3 Å². The van der Waals surface area contributed by atoms with E-state index in [-0.39, 0.29) is 17.4 Å². The van der Waals surface area contributed by atoms with Crippen LogP contribution in [0.3, 0.4) is 0 Å². The van der Waals surface area contributed by atoms with Gasteiger partial charge in [0.25, 0.3) is 0 Å². The number of nitrogens with one attached hydrogen (secondary N) is 1. The fraction of sp³-hybridized carbons (Fsp3) is 0.231. The van der Waals surface area contributed by atoms with Crippen LogP contribution in [0.2, 0.25) is 5.02 Å². The summed E-state index contributed by atoms with van der Waals surface area (Å²) in [5.74, 6) is -1.59. The Labute approximate surface area is 134 Å². The SMILES string of the molecule is O=C(Cn1ccc([N+](=O)[O-])n1)NC(CO)c1ccc(Cl)c(F)c1. The number of nitrogens with zero attached hydrogens (tertiary/aromatic N) is 3. The topological polar surface area (TPSA) is 110 Å². The van der Waals surface area contributed by atoms with E-state index < -0.39 is 29.3 Å². The van der Waals surface area contributed by atoms with E-state index in [9.17, 15) is 24.4 Å². The zero-order valence-corrected chi connectivity index (χ0v) is 12.4. The van der Waals surface area contributed by atoms with Crippen molar-refractivity contribution < 1.29 is 19.2 Å². The third kappa shape index (κ3) is 4.24. The van der Waals surface area contributed by atoms with Gasteiger partial charge in [0.05, 0.1) is 35.0 Å². The number of halogens is 2. The molecular weight excluding hydrogens is 331 g/mol. The van der Waals surface area contributed by atoms with Crippen LogP contribution in [0.25, 0.3) is 0 Å². The van der Waals surface area contributed by atoms with Gasteiger partial charge in [-0.15, -0.1) is 0 Å². The molecule has 0 saturated carbocycles. The maximum absolute atomic E-state index is 13.4. The Bertz CT molecular complexity index is 737. The Morgan fingerprint density at radius 1 is 1.52 bits per heavy atom. The molecule has 0 radical (unpaired) electrons. The van der Waals surface area contributed by atoms with Gasteiger partial charge in [-0.25, -0.2) is 4.39 Å². The van der Waals surface area contributed by atoms with Gasteiger partial charge in [-0.3, -0.25) is 4.79 Å². The number of benzene rings is 1. The zero-order chi connectivity index (χ0) is 17.0. The quantitative estimate of drug-likeness (QED) is 0.609. The van der Waals surface area contributed by atoms with Crippen LogP contribution in [-0.4, -0.2) is 32.3 Å². The van der Waals surface area contributed by atoms with Crippen molar-refractivity contribution in [3.8, 4) is 0 Å². The molecule has 2 N–H and O–H groups in total. The summed E-state index contributed by atoms with van der Waals surface area (Å²) in [6, 6.07) is 4.23. The Morgan fingerprint density at radius 3 is 2.83 bits per heavy atom. The molecule has 0 spiro atoms. The lowest BCUT2D eigenvalue weighted by atomic mass is 10.1. The van der Waals surface area contributed by atoms with Gasteiger partial charge in [-0.2, -0.15) is 4.68 Å². The van der Waals surface area contributed by atoms with E-state index in [1.54, 1.807) is 0 Å². The predicted molar refractivity (Wildman–Crippen MR) is 78.3 cm³/mol. The molecule has 0 aliphatic heterocycles. The van der Waals surface area contributed by atoms with Gasteiger partial charge < -0.3 is 20.5 Å². The van der Waals surface area contributed by atoms with Crippen molar-refractivity contribution >= 4 is 23.3 Å². The van der Waals surface area contributed by atoms with Gasteiger partial charge in [0.2, 0.25) is 5.91 Å². The molecule has 1 aromatic carbocycles. The number of carbonyl (C=O) groups excluding carboxylic acids is 1. The van der Waals surface area contributed by atoms with Crippen molar-refractivity contribution in [1.29, 1.82) is 0 Å². The molecule has 2 aromatic rings. The third-order valence-corrected chi connectivity index (χ3v) is 3.29. The molecule has 10 heteroatoms. The molecule has 2 rings (SSSR count). The number of aliphatic hydroxyl groups is 1. The Morgan fingerprint density at radius 2 is 2.26 bits per heavy atom. The number of hydrogen-bond donors (Lipinski definition) is 2. The highest BCUT2D eigenvalue weighted by Gasteiger charge is 2.18. The van der Waals surface area contributed by atoms with Crippen molar-refractivity contribution in [2.45, 2.75) is 12.6 Å². The van der Waals surface area contributed by atoms with Crippen LogP contribution in [0.5, 0.6) is 0 Å². The highest BCUT2D eigenvalue weighted by molar-refractivity contribution is 6.30. The van der Waals surface area contributed by atoms with E-state index >= 15 is 0 Å². The molecule has 0 fully saturated rings. The molecule has 1 atom stereocenters. The molecule has 122 valence electrons.